The molecule has 0 aliphatic heterocycles. The Bertz CT molecular complexity index is 1620. The minimum absolute atomic E-state index is 0.0375. The number of amides is 2. The SMILES string of the molecule is CCCCNC(=O)[C@@H](Cc1ccccc1)N(Cc1c(Cl)cccc1Cl)C(=O)CN(c1ccccc1)S(=O)(=O)c1ccccc1. The Labute approximate surface area is 269 Å². The monoisotopic (exact) mass is 651 g/mol. The summed E-state index contributed by atoms with van der Waals surface area (Å²) >= 11 is 13.1. The predicted molar refractivity (Wildman–Crippen MR) is 176 cm³/mol. The van der Waals surface area contributed by atoms with Gasteiger partial charge in [-0.05, 0) is 48.4 Å². The van der Waals surface area contributed by atoms with Crippen LogP contribution in [0.2, 0.25) is 10.0 Å². The van der Waals surface area contributed by atoms with Crippen molar-refractivity contribution in [1.29, 1.82) is 0 Å². The smallest absolute Gasteiger partial charge is 0.264 e. The zero-order valence-corrected chi connectivity index (χ0v) is 26.7. The number of para-hydroxylation sites is 1. The van der Waals surface area contributed by atoms with E-state index in [0.717, 1.165) is 22.7 Å². The molecule has 4 aromatic rings. The third-order valence-electron chi connectivity index (χ3n) is 7.15. The maximum absolute atomic E-state index is 14.5. The molecule has 0 saturated heterocycles. The van der Waals surface area contributed by atoms with Crippen molar-refractivity contribution in [3.8, 4) is 0 Å². The fraction of sp³-hybridized carbons (Fsp3) is 0.235. The number of nitrogens with zero attached hydrogens (tertiary/aromatic N) is 2. The summed E-state index contributed by atoms with van der Waals surface area (Å²) in [5, 5.41) is 3.63. The molecule has 0 radical (unpaired) electrons. The Morgan fingerprint density at radius 1 is 0.795 bits per heavy atom. The molecule has 0 unspecified atom stereocenters. The number of carbonyl (C=O) groups excluding carboxylic acids is 2. The van der Waals surface area contributed by atoms with Crippen molar-refractivity contribution < 1.29 is 18.0 Å². The molecule has 44 heavy (non-hydrogen) atoms. The quantitative estimate of drug-likeness (QED) is 0.153. The van der Waals surface area contributed by atoms with Gasteiger partial charge in [0.2, 0.25) is 11.8 Å². The van der Waals surface area contributed by atoms with Crippen LogP contribution in [0, 0.1) is 0 Å². The summed E-state index contributed by atoms with van der Waals surface area (Å²) in [6.07, 6.45) is 1.85. The lowest BCUT2D eigenvalue weighted by Gasteiger charge is -2.34. The van der Waals surface area contributed by atoms with Gasteiger partial charge in [0.25, 0.3) is 10.0 Å². The first-order chi connectivity index (χ1) is 21.2. The number of sulfonamides is 1. The van der Waals surface area contributed by atoms with E-state index < -0.39 is 28.5 Å². The van der Waals surface area contributed by atoms with E-state index >= 15 is 0 Å². The standard InChI is InChI=1S/C34H35Cl2N3O4S/c1-2-3-22-37-34(41)32(23-26-14-7-4-8-15-26)38(24-29-30(35)20-13-21-31(29)36)33(40)25-39(27-16-9-5-10-17-27)44(42,43)28-18-11-6-12-19-28/h4-21,32H,2-3,22-25H2,1H3,(H,37,41)/t32-/m1/s1. The van der Waals surface area contributed by atoms with E-state index in [1.54, 1.807) is 66.7 Å². The molecule has 4 rings (SSSR count). The summed E-state index contributed by atoms with van der Waals surface area (Å²) < 4.78 is 29.0. The van der Waals surface area contributed by atoms with Gasteiger partial charge in [-0.15, -0.1) is 0 Å². The predicted octanol–water partition coefficient (Wildman–Crippen LogP) is 6.75. The van der Waals surface area contributed by atoms with Crippen LogP contribution in [0.4, 0.5) is 5.69 Å². The second-order valence-electron chi connectivity index (χ2n) is 10.2. The van der Waals surface area contributed by atoms with Gasteiger partial charge in [-0.2, -0.15) is 0 Å². The Morgan fingerprint density at radius 2 is 1.36 bits per heavy atom. The molecule has 0 aromatic heterocycles. The van der Waals surface area contributed by atoms with Crippen LogP contribution in [0.1, 0.15) is 30.9 Å². The lowest BCUT2D eigenvalue weighted by molar-refractivity contribution is -0.140. The number of unbranched alkanes of at least 4 members (excludes halogenated alkanes) is 1. The second kappa shape index (κ2) is 15.7. The van der Waals surface area contributed by atoms with E-state index in [2.05, 4.69) is 5.32 Å². The summed E-state index contributed by atoms with van der Waals surface area (Å²) in [6.45, 7) is 1.79. The molecule has 0 fully saturated rings. The highest BCUT2D eigenvalue weighted by Crippen LogP contribution is 2.29. The first-order valence-corrected chi connectivity index (χ1v) is 16.6. The van der Waals surface area contributed by atoms with Crippen LogP contribution < -0.4 is 9.62 Å². The van der Waals surface area contributed by atoms with Crippen molar-refractivity contribution in [1.82, 2.24) is 10.2 Å². The van der Waals surface area contributed by atoms with Gasteiger partial charge in [0.1, 0.15) is 12.6 Å². The third-order valence-corrected chi connectivity index (χ3v) is 9.64. The van der Waals surface area contributed by atoms with Crippen molar-refractivity contribution >= 4 is 50.7 Å². The number of hydrogen-bond acceptors (Lipinski definition) is 4. The van der Waals surface area contributed by atoms with Crippen LogP contribution >= 0.6 is 23.2 Å². The number of nitrogens with one attached hydrogen (secondary N) is 1. The maximum atomic E-state index is 14.5. The third kappa shape index (κ3) is 8.40. The molecule has 1 N–H and O–H groups in total. The number of halogens is 2. The van der Waals surface area contributed by atoms with Crippen molar-refractivity contribution in [3.05, 3.63) is 130 Å². The average Bonchev–Trinajstić information content (AvgIpc) is 3.04. The van der Waals surface area contributed by atoms with E-state index in [1.165, 1.54) is 17.0 Å². The molecular formula is C34H35Cl2N3O4S. The van der Waals surface area contributed by atoms with E-state index in [9.17, 15) is 18.0 Å². The number of carbonyl (C=O) groups is 2. The zero-order chi connectivity index (χ0) is 31.5. The molecule has 4 aromatic carbocycles. The summed E-state index contributed by atoms with van der Waals surface area (Å²) in [5.41, 5.74) is 1.61. The highest BCUT2D eigenvalue weighted by atomic mass is 35.5. The minimum atomic E-state index is -4.16. The van der Waals surface area contributed by atoms with Crippen LogP contribution in [0.3, 0.4) is 0 Å². The molecular weight excluding hydrogens is 617 g/mol. The van der Waals surface area contributed by atoms with Gasteiger partial charge in [-0.3, -0.25) is 13.9 Å². The van der Waals surface area contributed by atoms with Crippen molar-refractivity contribution in [2.45, 2.75) is 43.7 Å². The van der Waals surface area contributed by atoms with E-state index in [4.69, 9.17) is 23.2 Å². The average molecular weight is 653 g/mol. The normalized spacial score (nSPS) is 11.9. The molecule has 0 spiro atoms. The lowest BCUT2D eigenvalue weighted by atomic mass is 10.0. The highest BCUT2D eigenvalue weighted by molar-refractivity contribution is 7.92. The molecule has 0 bridgehead atoms. The molecule has 10 heteroatoms. The van der Waals surface area contributed by atoms with E-state index in [0.29, 0.717) is 27.8 Å². The molecule has 2 amide bonds. The lowest BCUT2D eigenvalue weighted by Crippen LogP contribution is -2.53. The fourth-order valence-corrected chi connectivity index (χ4v) is 6.71. The Kier molecular flexibility index (Phi) is 11.8. The van der Waals surface area contributed by atoms with Crippen molar-refractivity contribution in [2.75, 3.05) is 17.4 Å². The van der Waals surface area contributed by atoms with Gasteiger partial charge in [-0.25, -0.2) is 8.42 Å². The molecule has 7 nitrogen and oxygen atoms in total. The molecule has 0 aliphatic carbocycles. The highest BCUT2D eigenvalue weighted by Gasteiger charge is 2.35. The summed E-state index contributed by atoms with van der Waals surface area (Å²) in [6, 6.07) is 29.8. The number of hydrogen-bond donors (Lipinski definition) is 1. The maximum Gasteiger partial charge on any atom is 0.264 e. The van der Waals surface area contributed by atoms with Crippen LogP contribution in [0.25, 0.3) is 0 Å². The van der Waals surface area contributed by atoms with E-state index in [1.807, 2.05) is 37.3 Å². The Balaban J connectivity index is 1.80. The Morgan fingerprint density at radius 3 is 1.95 bits per heavy atom. The van der Waals surface area contributed by atoms with Crippen LogP contribution in [-0.4, -0.2) is 44.3 Å². The summed E-state index contributed by atoms with van der Waals surface area (Å²) in [7, 11) is -4.16. The van der Waals surface area contributed by atoms with Gasteiger partial charge in [0.15, 0.2) is 0 Å². The molecule has 0 saturated carbocycles. The van der Waals surface area contributed by atoms with Gasteiger partial charge in [-0.1, -0.05) is 109 Å². The largest absolute Gasteiger partial charge is 0.354 e. The number of rotatable bonds is 14. The molecule has 0 heterocycles. The fourth-order valence-electron chi connectivity index (χ4n) is 4.76. The minimum Gasteiger partial charge on any atom is -0.354 e. The number of anilines is 1. The summed E-state index contributed by atoms with van der Waals surface area (Å²) in [4.78, 5) is 29.7. The van der Waals surface area contributed by atoms with Gasteiger partial charge >= 0.3 is 0 Å². The second-order valence-corrected chi connectivity index (χ2v) is 12.9. The molecule has 1 atom stereocenters. The Hall–Kier alpha value is -3.85. The topological polar surface area (TPSA) is 86.8 Å². The van der Waals surface area contributed by atoms with Crippen LogP contribution in [0.5, 0.6) is 0 Å². The first-order valence-electron chi connectivity index (χ1n) is 14.4. The first kappa shape index (κ1) is 33.1. The summed E-state index contributed by atoms with van der Waals surface area (Å²) in [5.74, 6) is -0.938. The van der Waals surface area contributed by atoms with Gasteiger partial charge in [0.05, 0.1) is 10.6 Å². The van der Waals surface area contributed by atoms with E-state index in [-0.39, 0.29) is 23.8 Å². The molecule has 230 valence electrons. The van der Waals surface area contributed by atoms with Crippen molar-refractivity contribution in [2.24, 2.45) is 0 Å². The zero-order valence-electron chi connectivity index (χ0n) is 24.4. The van der Waals surface area contributed by atoms with Crippen molar-refractivity contribution in [3.63, 3.8) is 0 Å². The molecule has 0 aliphatic rings. The van der Waals surface area contributed by atoms with Gasteiger partial charge in [0, 0.05) is 35.1 Å². The van der Waals surface area contributed by atoms with Crippen LogP contribution in [0.15, 0.2) is 114 Å². The number of benzene rings is 4. The van der Waals surface area contributed by atoms with Gasteiger partial charge < -0.3 is 10.2 Å². The van der Waals surface area contributed by atoms with Crippen LogP contribution in [-0.2, 0) is 32.6 Å².